The van der Waals surface area contributed by atoms with Gasteiger partial charge >= 0.3 is 12.1 Å². The van der Waals surface area contributed by atoms with Crippen molar-refractivity contribution in [3.05, 3.63) is 11.6 Å². The van der Waals surface area contributed by atoms with Crippen molar-refractivity contribution in [2.45, 2.75) is 58.1 Å². The van der Waals surface area contributed by atoms with Gasteiger partial charge in [-0.2, -0.15) is 0 Å². The van der Waals surface area contributed by atoms with Crippen LogP contribution in [0.15, 0.2) is 11.6 Å². The van der Waals surface area contributed by atoms with Crippen LogP contribution in [-0.2, 0) is 9.53 Å². The van der Waals surface area contributed by atoms with Crippen molar-refractivity contribution >= 4 is 12.1 Å². The maximum Gasteiger partial charge on any atom is 0.408 e. The molecule has 1 amide bonds. The van der Waals surface area contributed by atoms with Gasteiger partial charge in [0, 0.05) is 0 Å². The molecule has 0 spiro atoms. The van der Waals surface area contributed by atoms with Crippen molar-refractivity contribution in [2.24, 2.45) is 0 Å². The van der Waals surface area contributed by atoms with Gasteiger partial charge in [0.1, 0.15) is 11.6 Å². The third-order valence-corrected chi connectivity index (χ3v) is 2.59. The highest BCUT2D eigenvalue weighted by Crippen LogP contribution is 2.22. The molecule has 5 nitrogen and oxygen atoms in total. The summed E-state index contributed by atoms with van der Waals surface area (Å²) in [6.45, 7) is 5.21. The molecule has 1 aliphatic rings. The van der Waals surface area contributed by atoms with E-state index < -0.39 is 23.7 Å². The summed E-state index contributed by atoms with van der Waals surface area (Å²) in [5.41, 5.74) is 0.471. The van der Waals surface area contributed by atoms with Crippen molar-refractivity contribution in [1.82, 2.24) is 5.32 Å². The lowest BCUT2D eigenvalue weighted by atomic mass is 10.1. The number of hydrogen-bond donors (Lipinski definition) is 2. The second-order valence-corrected chi connectivity index (χ2v) is 5.50. The predicted octanol–water partition coefficient (Wildman–Crippen LogP) is 2.46. The molecule has 1 atom stereocenters. The number of carbonyl (C=O) groups is 2. The van der Waals surface area contributed by atoms with Crippen molar-refractivity contribution in [3.8, 4) is 0 Å². The highest BCUT2D eigenvalue weighted by Gasteiger charge is 2.25. The van der Waals surface area contributed by atoms with Crippen LogP contribution >= 0.6 is 0 Å². The van der Waals surface area contributed by atoms with Gasteiger partial charge in [0.2, 0.25) is 0 Å². The molecule has 0 heterocycles. The number of allylic oxidation sites excluding steroid dienone is 1. The summed E-state index contributed by atoms with van der Waals surface area (Å²) in [6.07, 6.45) is 4.69. The monoisotopic (exact) mass is 255 g/mol. The number of rotatable bonds is 4. The van der Waals surface area contributed by atoms with Crippen LogP contribution in [0.1, 0.15) is 46.5 Å². The first-order valence-corrected chi connectivity index (χ1v) is 6.18. The molecule has 102 valence electrons. The van der Waals surface area contributed by atoms with Crippen molar-refractivity contribution in [1.29, 1.82) is 0 Å². The summed E-state index contributed by atoms with van der Waals surface area (Å²) in [5.74, 6) is -1.03. The van der Waals surface area contributed by atoms with Crippen LogP contribution in [-0.4, -0.2) is 28.8 Å². The van der Waals surface area contributed by atoms with Gasteiger partial charge in [-0.05, 0) is 46.5 Å². The summed E-state index contributed by atoms with van der Waals surface area (Å²) >= 11 is 0. The Labute approximate surface area is 107 Å². The number of nitrogens with one attached hydrogen (secondary N) is 1. The van der Waals surface area contributed by atoms with E-state index in [1.165, 1.54) is 0 Å². The minimum atomic E-state index is -1.03. The Hall–Kier alpha value is -1.52. The molecular weight excluding hydrogens is 234 g/mol. The molecule has 2 N–H and O–H groups in total. The Morgan fingerprint density at radius 2 is 2.17 bits per heavy atom. The topological polar surface area (TPSA) is 75.6 Å². The second kappa shape index (κ2) is 5.89. The third kappa shape index (κ3) is 5.21. The van der Waals surface area contributed by atoms with Crippen LogP contribution in [0.25, 0.3) is 0 Å². The van der Waals surface area contributed by atoms with E-state index in [1.54, 1.807) is 20.8 Å². The maximum absolute atomic E-state index is 11.5. The lowest BCUT2D eigenvalue weighted by molar-refractivity contribution is -0.139. The Bertz CT molecular complexity index is 354. The average Bonchev–Trinajstić information content (AvgIpc) is 2.66. The number of carboxylic acid groups (broad SMARTS) is 1. The van der Waals surface area contributed by atoms with Crippen LogP contribution < -0.4 is 5.32 Å². The van der Waals surface area contributed by atoms with Gasteiger partial charge in [-0.1, -0.05) is 11.6 Å². The molecule has 0 saturated heterocycles. The molecular formula is C13H21NO4. The normalized spacial score (nSPS) is 16.9. The summed E-state index contributed by atoms with van der Waals surface area (Å²) in [6, 6.07) is -0.913. The van der Waals surface area contributed by atoms with E-state index in [0.717, 1.165) is 24.8 Å². The van der Waals surface area contributed by atoms with Crippen molar-refractivity contribution in [2.75, 3.05) is 0 Å². The molecule has 1 rings (SSSR count). The fraction of sp³-hybridized carbons (Fsp3) is 0.692. The third-order valence-electron chi connectivity index (χ3n) is 2.59. The van der Waals surface area contributed by atoms with Crippen molar-refractivity contribution in [3.63, 3.8) is 0 Å². The zero-order chi connectivity index (χ0) is 13.8. The first kappa shape index (κ1) is 14.5. The average molecular weight is 255 g/mol. The molecule has 0 fully saturated rings. The van der Waals surface area contributed by atoms with Gasteiger partial charge < -0.3 is 15.2 Å². The van der Waals surface area contributed by atoms with E-state index >= 15 is 0 Å². The number of carbonyl (C=O) groups excluding carboxylic acids is 1. The van der Waals surface area contributed by atoms with Gasteiger partial charge in [-0.3, -0.25) is 0 Å². The molecule has 0 aromatic rings. The standard InChI is InChI=1S/C13H21NO4/c1-13(2,3)18-12(17)14-10(11(15)16)8-9-6-4-5-7-9/h6,10H,4-5,7-8H2,1-3H3,(H,14,17)(H,15,16). The largest absolute Gasteiger partial charge is 0.480 e. The fourth-order valence-corrected chi connectivity index (χ4v) is 1.83. The van der Waals surface area contributed by atoms with Crippen LogP contribution in [0.4, 0.5) is 4.79 Å². The van der Waals surface area contributed by atoms with Gasteiger partial charge in [0.05, 0.1) is 0 Å². The smallest absolute Gasteiger partial charge is 0.408 e. The highest BCUT2D eigenvalue weighted by molar-refractivity contribution is 5.80. The minimum absolute atomic E-state index is 0.356. The number of aliphatic carboxylic acids is 1. The number of carboxylic acids is 1. The Balaban J connectivity index is 2.52. The zero-order valence-electron chi connectivity index (χ0n) is 11.2. The minimum Gasteiger partial charge on any atom is -0.480 e. The first-order valence-electron chi connectivity index (χ1n) is 6.18. The lowest BCUT2D eigenvalue weighted by Gasteiger charge is -2.22. The van der Waals surface area contributed by atoms with Crippen LogP contribution in [0.2, 0.25) is 0 Å². The number of alkyl carbamates (subject to hydrolysis) is 1. The molecule has 0 radical (unpaired) electrons. The van der Waals surface area contributed by atoms with Crippen LogP contribution in [0.5, 0.6) is 0 Å². The highest BCUT2D eigenvalue weighted by atomic mass is 16.6. The lowest BCUT2D eigenvalue weighted by Crippen LogP contribution is -2.43. The maximum atomic E-state index is 11.5. The SMILES string of the molecule is CC(C)(C)OC(=O)NC(CC1=CCCC1)C(=O)O. The molecule has 1 aliphatic carbocycles. The summed E-state index contributed by atoms with van der Waals surface area (Å²) in [4.78, 5) is 22.6. The molecule has 0 aromatic carbocycles. The van der Waals surface area contributed by atoms with Crippen molar-refractivity contribution < 1.29 is 19.4 Å². The molecule has 0 bridgehead atoms. The molecule has 1 unspecified atom stereocenters. The number of ether oxygens (including phenoxy) is 1. The summed E-state index contributed by atoms with van der Waals surface area (Å²) in [5, 5.41) is 11.5. The quantitative estimate of drug-likeness (QED) is 0.757. The second-order valence-electron chi connectivity index (χ2n) is 5.50. The molecule has 0 aromatic heterocycles. The Morgan fingerprint density at radius 1 is 1.50 bits per heavy atom. The first-order chi connectivity index (χ1) is 8.28. The van der Waals surface area contributed by atoms with Gasteiger partial charge in [-0.15, -0.1) is 0 Å². The van der Waals surface area contributed by atoms with Crippen LogP contribution in [0, 0.1) is 0 Å². The molecule has 0 aliphatic heterocycles. The van der Waals surface area contributed by atoms with E-state index in [-0.39, 0.29) is 0 Å². The Morgan fingerprint density at radius 3 is 2.61 bits per heavy atom. The van der Waals surface area contributed by atoms with Gasteiger partial charge in [-0.25, -0.2) is 9.59 Å². The van der Waals surface area contributed by atoms with E-state index in [4.69, 9.17) is 9.84 Å². The Kier molecular flexibility index (Phi) is 4.76. The van der Waals surface area contributed by atoms with E-state index in [1.807, 2.05) is 6.08 Å². The fourth-order valence-electron chi connectivity index (χ4n) is 1.83. The molecule has 0 saturated carbocycles. The number of amides is 1. The summed E-state index contributed by atoms with van der Waals surface area (Å²) in [7, 11) is 0. The van der Waals surface area contributed by atoms with E-state index in [0.29, 0.717) is 6.42 Å². The van der Waals surface area contributed by atoms with E-state index in [9.17, 15) is 9.59 Å². The van der Waals surface area contributed by atoms with Gasteiger partial charge in [0.15, 0.2) is 0 Å². The molecule has 5 heteroatoms. The van der Waals surface area contributed by atoms with Crippen LogP contribution in [0.3, 0.4) is 0 Å². The van der Waals surface area contributed by atoms with Gasteiger partial charge in [0.25, 0.3) is 0 Å². The summed E-state index contributed by atoms with van der Waals surface area (Å²) < 4.78 is 5.05. The zero-order valence-corrected chi connectivity index (χ0v) is 11.2. The van der Waals surface area contributed by atoms with E-state index in [2.05, 4.69) is 5.32 Å². The molecule has 18 heavy (non-hydrogen) atoms. The number of hydrogen-bond acceptors (Lipinski definition) is 3. The predicted molar refractivity (Wildman–Crippen MR) is 67.3 cm³/mol.